The molecule has 0 bridgehead atoms. The van der Waals surface area contributed by atoms with Crippen molar-refractivity contribution in [3.05, 3.63) is 11.7 Å². The Morgan fingerprint density at radius 3 is 3.00 bits per heavy atom. The Labute approximate surface area is 109 Å². The summed E-state index contributed by atoms with van der Waals surface area (Å²) in [6.07, 6.45) is 0.712. The number of hydrogen-bond donors (Lipinski definition) is 0. The van der Waals surface area contributed by atoms with Crippen molar-refractivity contribution in [1.29, 1.82) is 0 Å². The van der Waals surface area contributed by atoms with Gasteiger partial charge in [-0.2, -0.15) is 16.7 Å². The molecule has 0 aliphatic carbocycles. The molecule has 1 aliphatic heterocycles. The van der Waals surface area contributed by atoms with Crippen LogP contribution in [-0.4, -0.2) is 33.2 Å². The zero-order valence-electron chi connectivity index (χ0n) is 10.0. The zero-order valence-corrected chi connectivity index (χ0v) is 11.6. The number of aromatic nitrogens is 2. The molecule has 94 valence electrons. The fraction of sp³-hybridized carbons (Fsp3) is 0.727. The van der Waals surface area contributed by atoms with Crippen LogP contribution in [0.5, 0.6) is 0 Å². The van der Waals surface area contributed by atoms with Gasteiger partial charge in [0.15, 0.2) is 5.82 Å². The second-order valence-electron chi connectivity index (χ2n) is 4.00. The summed E-state index contributed by atoms with van der Waals surface area (Å²) in [6.45, 7) is 3.53. The van der Waals surface area contributed by atoms with E-state index in [2.05, 4.69) is 10.1 Å². The third-order valence-corrected chi connectivity index (χ3v) is 5.51. The lowest BCUT2D eigenvalue weighted by molar-refractivity contribution is -0.119. The Hall–Kier alpha value is -0.490. The van der Waals surface area contributed by atoms with Gasteiger partial charge in [0.25, 0.3) is 0 Å². The van der Waals surface area contributed by atoms with Crippen LogP contribution in [-0.2, 0) is 4.79 Å². The molecule has 0 aromatic carbocycles. The summed E-state index contributed by atoms with van der Waals surface area (Å²) < 4.78 is 5.23. The van der Waals surface area contributed by atoms with Gasteiger partial charge < -0.3 is 4.52 Å². The van der Waals surface area contributed by atoms with E-state index < -0.39 is 0 Å². The maximum atomic E-state index is 11.4. The highest BCUT2D eigenvalue weighted by Gasteiger charge is 2.26. The number of carbonyl (C=O) groups excluding carboxylic acids is 1. The number of rotatable bonds is 4. The van der Waals surface area contributed by atoms with Gasteiger partial charge in [0, 0.05) is 17.3 Å². The van der Waals surface area contributed by atoms with E-state index in [1.807, 2.05) is 30.4 Å². The van der Waals surface area contributed by atoms with Crippen molar-refractivity contribution >= 4 is 29.3 Å². The van der Waals surface area contributed by atoms with Crippen LogP contribution < -0.4 is 0 Å². The van der Waals surface area contributed by atoms with Crippen LogP contribution in [0.3, 0.4) is 0 Å². The van der Waals surface area contributed by atoms with Crippen LogP contribution in [0.4, 0.5) is 0 Å². The Bertz CT molecular complexity index is 389. The molecule has 2 heterocycles. The summed E-state index contributed by atoms with van der Waals surface area (Å²) in [6, 6.07) is 0. The highest BCUT2D eigenvalue weighted by molar-refractivity contribution is 8.06. The number of thioether (sulfide) groups is 2. The number of nitrogens with zero attached hydrogens (tertiary/aromatic N) is 2. The van der Waals surface area contributed by atoms with Gasteiger partial charge in [-0.3, -0.25) is 4.79 Å². The minimum Gasteiger partial charge on any atom is -0.339 e. The van der Waals surface area contributed by atoms with Gasteiger partial charge in [-0.05, 0) is 13.3 Å². The van der Waals surface area contributed by atoms with Gasteiger partial charge >= 0.3 is 0 Å². The fourth-order valence-electron chi connectivity index (χ4n) is 1.79. The van der Waals surface area contributed by atoms with Crippen LogP contribution in [0.2, 0.25) is 0 Å². The number of Topliss-reactive ketones (excluding diaryl/α,β-unsaturated/α-hetero) is 1. The first-order valence-electron chi connectivity index (χ1n) is 5.75. The van der Waals surface area contributed by atoms with Crippen LogP contribution in [0, 0.1) is 0 Å². The molecule has 0 saturated carbocycles. The number of ketones is 1. The monoisotopic (exact) mass is 272 g/mol. The van der Waals surface area contributed by atoms with Crippen molar-refractivity contribution in [2.75, 3.05) is 17.3 Å². The maximum Gasteiger partial charge on any atom is 0.237 e. The molecule has 0 spiro atoms. The van der Waals surface area contributed by atoms with E-state index in [9.17, 15) is 4.79 Å². The summed E-state index contributed by atoms with van der Waals surface area (Å²) in [4.78, 5) is 15.8. The van der Waals surface area contributed by atoms with E-state index in [-0.39, 0.29) is 11.7 Å². The second kappa shape index (κ2) is 5.91. The van der Waals surface area contributed by atoms with Crippen molar-refractivity contribution in [2.24, 2.45) is 0 Å². The van der Waals surface area contributed by atoms with Gasteiger partial charge in [0.1, 0.15) is 5.78 Å². The van der Waals surface area contributed by atoms with E-state index in [0.717, 1.165) is 17.3 Å². The fourth-order valence-corrected chi connectivity index (χ4v) is 4.38. The maximum absolute atomic E-state index is 11.4. The summed E-state index contributed by atoms with van der Waals surface area (Å²) in [5.74, 6) is 4.43. The van der Waals surface area contributed by atoms with Gasteiger partial charge in [-0.1, -0.05) is 12.1 Å². The molecule has 1 aromatic rings. The Kier molecular flexibility index (Phi) is 4.50. The quantitative estimate of drug-likeness (QED) is 0.840. The summed E-state index contributed by atoms with van der Waals surface area (Å²) in [7, 11) is 0. The predicted octanol–water partition coefficient (Wildman–Crippen LogP) is 2.67. The lowest BCUT2D eigenvalue weighted by Gasteiger charge is -2.17. The van der Waals surface area contributed by atoms with Crippen molar-refractivity contribution < 1.29 is 9.32 Å². The SMILES string of the molecule is CCC(C(C)=O)c1nc(C2CSCCS2)no1. The molecule has 4 nitrogen and oxygen atoms in total. The van der Waals surface area contributed by atoms with Crippen molar-refractivity contribution in [1.82, 2.24) is 10.1 Å². The largest absolute Gasteiger partial charge is 0.339 e. The molecule has 2 unspecified atom stereocenters. The van der Waals surface area contributed by atoms with Gasteiger partial charge in [0.2, 0.25) is 5.89 Å². The van der Waals surface area contributed by atoms with E-state index >= 15 is 0 Å². The van der Waals surface area contributed by atoms with Crippen molar-refractivity contribution in [2.45, 2.75) is 31.4 Å². The molecule has 1 aromatic heterocycles. The molecule has 2 rings (SSSR count). The molecule has 0 radical (unpaired) electrons. The van der Waals surface area contributed by atoms with E-state index in [1.165, 1.54) is 5.75 Å². The van der Waals surface area contributed by atoms with E-state index in [4.69, 9.17) is 4.52 Å². The molecular formula is C11H16N2O2S2. The molecule has 0 amide bonds. The summed E-state index contributed by atoms with van der Waals surface area (Å²) >= 11 is 3.78. The van der Waals surface area contributed by atoms with E-state index in [0.29, 0.717) is 17.6 Å². The van der Waals surface area contributed by atoms with Crippen LogP contribution in [0.25, 0.3) is 0 Å². The number of hydrogen-bond acceptors (Lipinski definition) is 6. The summed E-state index contributed by atoms with van der Waals surface area (Å²) in [5.41, 5.74) is 0. The van der Waals surface area contributed by atoms with Crippen LogP contribution in [0.1, 0.15) is 43.2 Å². The Morgan fingerprint density at radius 2 is 2.41 bits per heavy atom. The highest BCUT2D eigenvalue weighted by Crippen LogP contribution is 2.35. The summed E-state index contributed by atoms with van der Waals surface area (Å²) in [5, 5.41) is 4.33. The lowest BCUT2D eigenvalue weighted by atomic mass is 10.0. The predicted molar refractivity (Wildman–Crippen MR) is 70.5 cm³/mol. The smallest absolute Gasteiger partial charge is 0.237 e. The van der Waals surface area contributed by atoms with Gasteiger partial charge in [-0.25, -0.2) is 0 Å². The normalized spacial score (nSPS) is 22.4. The lowest BCUT2D eigenvalue weighted by Crippen LogP contribution is -2.10. The Balaban J connectivity index is 2.11. The third-order valence-electron chi connectivity index (χ3n) is 2.76. The first-order valence-corrected chi connectivity index (χ1v) is 7.96. The molecule has 1 fully saturated rings. The van der Waals surface area contributed by atoms with Crippen molar-refractivity contribution in [3.8, 4) is 0 Å². The average molecular weight is 272 g/mol. The molecule has 6 heteroatoms. The molecule has 1 saturated heterocycles. The Morgan fingerprint density at radius 1 is 1.59 bits per heavy atom. The zero-order chi connectivity index (χ0) is 12.3. The molecule has 2 atom stereocenters. The first-order chi connectivity index (χ1) is 8.22. The topological polar surface area (TPSA) is 56.0 Å². The average Bonchev–Trinajstić information content (AvgIpc) is 2.80. The number of carbonyl (C=O) groups is 1. The standard InChI is InChI=1S/C11H16N2O2S2/c1-3-8(7(2)14)11-12-10(13-15-11)9-6-16-4-5-17-9/h8-9H,3-6H2,1-2H3. The first kappa shape index (κ1) is 13.0. The van der Waals surface area contributed by atoms with Crippen LogP contribution in [0.15, 0.2) is 4.52 Å². The van der Waals surface area contributed by atoms with Crippen molar-refractivity contribution in [3.63, 3.8) is 0 Å². The molecular weight excluding hydrogens is 256 g/mol. The van der Waals surface area contributed by atoms with Gasteiger partial charge in [-0.15, -0.1) is 11.8 Å². The van der Waals surface area contributed by atoms with Gasteiger partial charge in [0.05, 0.1) is 11.2 Å². The third kappa shape index (κ3) is 3.04. The second-order valence-corrected chi connectivity index (χ2v) is 6.46. The minimum atomic E-state index is -0.238. The molecule has 1 aliphatic rings. The molecule has 17 heavy (non-hydrogen) atoms. The van der Waals surface area contributed by atoms with E-state index in [1.54, 1.807) is 6.92 Å². The van der Waals surface area contributed by atoms with Crippen LogP contribution >= 0.6 is 23.5 Å². The highest BCUT2D eigenvalue weighted by atomic mass is 32.2. The minimum absolute atomic E-state index is 0.0911. The molecule has 0 N–H and O–H groups in total.